The lowest BCUT2D eigenvalue weighted by Crippen LogP contribution is -2.31. The molecule has 0 spiro atoms. The van der Waals surface area contributed by atoms with Crippen LogP contribution in [0.2, 0.25) is 0 Å². The zero-order valence-corrected chi connectivity index (χ0v) is 10.3. The molecule has 5 heteroatoms. The van der Waals surface area contributed by atoms with Gasteiger partial charge in [-0.25, -0.2) is 0 Å². The van der Waals surface area contributed by atoms with E-state index in [1.807, 2.05) is 0 Å². The minimum atomic E-state index is -0.184. The Morgan fingerprint density at radius 3 is 2.67 bits per heavy atom. The Bertz CT molecular complexity index is 456. The second-order valence-electron chi connectivity index (χ2n) is 5.00. The van der Waals surface area contributed by atoms with Crippen LogP contribution in [0.5, 0.6) is 0 Å². The molecule has 0 saturated heterocycles. The topological polar surface area (TPSA) is 101 Å². The van der Waals surface area contributed by atoms with Crippen LogP contribution in [0.1, 0.15) is 29.6 Å². The largest absolute Gasteiger partial charge is 0.399 e. The molecule has 0 aromatic heterocycles. The number of rotatable bonds is 5. The van der Waals surface area contributed by atoms with Gasteiger partial charge in [0, 0.05) is 24.5 Å². The van der Waals surface area contributed by atoms with Gasteiger partial charge in [-0.1, -0.05) is 0 Å². The molecular formula is C13H19N3O2. The fraction of sp³-hybridized carbons (Fsp3) is 0.462. The van der Waals surface area contributed by atoms with Crippen molar-refractivity contribution < 1.29 is 9.90 Å². The Labute approximate surface area is 106 Å². The minimum Gasteiger partial charge on any atom is -0.399 e. The van der Waals surface area contributed by atoms with Crippen LogP contribution < -0.4 is 16.8 Å². The van der Waals surface area contributed by atoms with E-state index in [1.54, 1.807) is 18.2 Å². The van der Waals surface area contributed by atoms with E-state index in [0.29, 0.717) is 23.5 Å². The standard InChI is InChI=1S/C13H19N3O2/c14-9-1-2-10(11(15)7-9)12(18)16-8-13(3-4-13)5-6-17/h1-2,7,17H,3-6,8,14-15H2,(H,16,18). The fourth-order valence-corrected chi connectivity index (χ4v) is 2.08. The number of nitrogens with two attached hydrogens (primary N) is 2. The molecule has 5 nitrogen and oxygen atoms in total. The molecule has 0 unspecified atom stereocenters. The third-order valence-corrected chi connectivity index (χ3v) is 3.54. The fourth-order valence-electron chi connectivity index (χ4n) is 2.08. The van der Waals surface area contributed by atoms with Crippen LogP contribution in [0.3, 0.4) is 0 Å². The number of nitrogens with one attached hydrogen (secondary N) is 1. The average Bonchev–Trinajstić information content (AvgIpc) is 3.07. The van der Waals surface area contributed by atoms with Crippen molar-refractivity contribution in [3.8, 4) is 0 Å². The Balaban J connectivity index is 1.96. The number of carbonyl (C=O) groups is 1. The van der Waals surface area contributed by atoms with Gasteiger partial charge in [-0.15, -0.1) is 0 Å². The maximum atomic E-state index is 12.0. The van der Waals surface area contributed by atoms with Crippen LogP contribution in [0.15, 0.2) is 18.2 Å². The molecule has 1 saturated carbocycles. The number of carbonyl (C=O) groups excluding carboxylic acids is 1. The van der Waals surface area contributed by atoms with E-state index in [9.17, 15) is 4.79 Å². The number of anilines is 2. The summed E-state index contributed by atoms with van der Waals surface area (Å²) < 4.78 is 0. The van der Waals surface area contributed by atoms with Crippen LogP contribution in [-0.2, 0) is 0 Å². The van der Waals surface area contributed by atoms with Gasteiger partial charge in [-0.3, -0.25) is 4.79 Å². The quantitative estimate of drug-likeness (QED) is 0.578. The van der Waals surface area contributed by atoms with Crippen molar-refractivity contribution in [2.45, 2.75) is 19.3 Å². The summed E-state index contributed by atoms with van der Waals surface area (Å²) in [6.45, 7) is 0.760. The lowest BCUT2D eigenvalue weighted by atomic mass is 10.0. The number of aliphatic hydroxyl groups is 1. The summed E-state index contributed by atoms with van der Waals surface area (Å²) in [5, 5.41) is 11.8. The zero-order valence-electron chi connectivity index (χ0n) is 10.3. The van der Waals surface area contributed by atoms with Gasteiger partial charge in [0.25, 0.3) is 5.91 Å². The molecule has 1 fully saturated rings. The molecule has 0 aliphatic heterocycles. The lowest BCUT2D eigenvalue weighted by Gasteiger charge is -2.15. The monoisotopic (exact) mass is 249 g/mol. The van der Waals surface area contributed by atoms with E-state index in [1.165, 1.54) is 0 Å². The zero-order chi connectivity index (χ0) is 13.2. The summed E-state index contributed by atoms with van der Waals surface area (Å²) in [6.07, 6.45) is 2.86. The van der Waals surface area contributed by atoms with Crippen LogP contribution in [0, 0.1) is 5.41 Å². The van der Waals surface area contributed by atoms with Crippen molar-refractivity contribution >= 4 is 17.3 Å². The number of aliphatic hydroxyl groups excluding tert-OH is 1. The summed E-state index contributed by atoms with van der Waals surface area (Å²) in [7, 11) is 0. The number of hydrogen-bond acceptors (Lipinski definition) is 4. The van der Waals surface area contributed by atoms with E-state index in [4.69, 9.17) is 16.6 Å². The summed E-state index contributed by atoms with van der Waals surface area (Å²) in [5.74, 6) is -0.184. The van der Waals surface area contributed by atoms with Crippen LogP contribution in [-0.4, -0.2) is 24.2 Å². The van der Waals surface area contributed by atoms with E-state index >= 15 is 0 Å². The van der Waals surface area contributed by atoms with E-state index < -0.39 is 0 Å². The van der Waals surface area contributed by atoms with Gasteiger partial charge in [0.15, 0.2) is 0 Å². The SMILES string of the molecule is Nc1ccc(C(=O)NCC2(CCO)CC2)c(N)c1. The normalized spacial score (nSPS) is 16.3. The number of nitrogen functional groups attached to an aromatic ring is 2. The summed E-state index contributed by atoms with van der Waals surface area (Å²) in [5.41, 5.74) is 12.8. The van der Waals surface area contributed by atoms with Gasteiger partial charge in [0.05, 0.1) is 5.56 Å². The predicted octanol–water partition coefficient (Wildman–Crippen LogP) is 0.743. The Morgan fingerprint density at radius 1 is 1.39 bits per heavy atom. The molecule has 2 rings (SSSR count). The highest BCUT2D eigenvalue weighted by molar-refractivity contribution is 5.99. The van der Waals surface area contributed by atoms with Crippen molar-refractivity contribution in [3.05, 3.63) is 23.8 Å². The second kappa shape index (κ2) is 4.86. The maximum Gasteiger partial charge on any atom is 0.253 e. The van der Waals surface area contributed by atoms with Crippen molar-refractivity contribution in [1.82, 2.24) is 5.32 Å². The van der Waals surface area contributed by atoms with Gasteiger partial charge in [-0.2, -0.15) is 0 Å². The lowest BCUT2D eigenvalue weighted by molar-refractivity contribution is 0.0941. The van der Waals surface area contributed by atoms with Gasteiger partial charge in [-0.05, 0) is 42.9 Å². The molecular weight excluding hydrogens is 230 g/mol. The molecule has 0 bridgehead atoms. The number of amides is 1. The third-order valence-electron chi connectivity index (χ3n) is 3.54. The number of hydrogen-bond donors (Lipinski definition) is 4. The minimum absolute atomic E-state index is 0.104. The number of benzene rings is 1. The molecule has 6 N–H and O–H groups in total. The molecule has 1 aromatic carbocycles. The Kier molecular flexibility index (Phi) is 3.43. The summed E-state index contributed by atoms with van der Waals surface area (Å²) >= 11 is 0. The van der Waals surface area contributed by atoms with Gasteiger partial charge in [0.2, 0.25) is 0 Å². The molecule has 0 radical (unpaired) electrons. The van der Waals surface area contributed by atoms with Crippen molar-refractivity contribution in [1.29, 1.82) is 0 Å². The molecule has 18 heavy (non-hydrogen) atoms. The molecule has 1 amide bonds. The van der Waals surface area contributed by atoms with Crippen molar-refractivity contribution in [3.63, 3.8) is 0 Å². The smallest absolute Gasteiger partial charge is 0.253 e. The molecule has 0 atom stereocenters. The third kappa shape index (κ3) is 2.73. The molecule has 1 aliphatic carbocycles. The van der Waals surface area contributed by atoms with E-state index in [2.05, 4.69) is 5.32 Å². The van der Waals surface area contributed by atoms with Crippen molar-refractivity contribution in [2.24, 2.45) is 5.41 Å². The highest BCUT2D eigenvalue weighted by atomic mass is 16.3. The molecule has 1 aromatic rings. The summed E-state index contributed by atoms with van der Waals surface area (Å²) in [4.78, 5) is 12.0. The maximum absolute atomic E-state index is 12.0. The van der Waals surface area contributed by atoms with E-state index in [-0.39, 0.29) is 17.9 Å². The van der Waals surface area contributed by atoms with Crippen LogP contribution >= 0.6 is 0 Å². The van der Waals surface area contributed by atoms with Gasteiger partial charge < -0.3 is 21.9 Å². The predicted molar refractivity (Wildman–Crippen MR) is 71.0 cm³/mol. The molecule has 98 valence electrons. The first-order valence-corrected chi connectivity index (χ1v) is 6.10. The highest BCUT2D eigenvalue weighted by Crippen LogP contribution is 2.47. The average molecular weight is 249 g/mol. The summed E-state index contributed by atoms with van der Waals surface area (Å²) in [6, 6.07) is 4.87. The van der Waals surface area contributed by atoms with Crippen LogP contribution in [0.25, 0.3) is 0 Å². The first-order chi connectivity index (χ1) is 8.56. The molecule has 1 aliphatic rings. The first-order valence-electron chi connectivity index (χ1n) is 6.10. The second-order valence-corrected chi connectivity index (χ2v) is 5.00. The Morgan fingerprint density at radius 2 is 2.11 bits per heavy atom. The van der Waals surface area contributed by atoms with Gasteiger partial charge in [0.1, 0.15) is 0 Å². The van der Waals surface area contributed by atoms with Gasteiger partial charge >= 0.3 is 0 Å². The molecule has 0 heterocycles. The van der Waals surface area contributed by atoms with Crippen molar-refractivity contribution in [2.75, 3.05) is 24.6 Å². The Hall–Kier alpha value is -1.75. The first kappa shape index (κ1) is 12.7. The highest BCUT2D eigenvalue weighted by Gasteiger charge is 2.41. The van der Waals surface area contributed by atoms with Crippen LogP contribution in [0.4, 0.5) is 11.4 Å². The van der Waals surface area contributed by atoms with E-state index in [0.717, 1.165) is 19.3 Å².